The lowest BCUT2D eigenvalue weighted by Gasteiger charge is -2.13. The van der Waals surface area contributed by atoms with Gasteiger partial charge in [-0.2, -0.15) is 0 Å². The molecule has 5 heteroatoms. The van der Waals surface area contributed by atoms with E-state index in [1.165, 1.54) is 11.8 Å². The largest absolute Gasteiger partial charge is 0.481 e. The molecule has 0 aliphatic carbocycles. The zero-order valence-corrected chi connectivity index (χ0v) is 7.84. The Hall–Kier alpha value is -0.680. The third-order valence-corrected chi connectivity index (χ3v) is 3.09. The van der Waals surface area contributed by atoms with Gasteiger partial charge in [-0.15, -0.1) is 0 Å². The number of carboxylic acids is 1. The monoisotopic (exact) mass is 188 g/mol. The molecular weight excluding hydrogens is 176 g/mol. The minimum atomic E-state index is -0.809. The van der Waals surface area contributed by atoms with Gasteiger partial charge in [0.25, 0.3) is 0 Å². The second-order valence-corrected chi connectivity index (χ2v) is 3.96. The summed E-state index contributed by atoms with van der Waals surface area (Å²) in [6.45, 7) is 1.66. The van der Waals surface area contributed by atoms with E-state index < -0.39 is 11.9 Å². The molecule has 2 unspecified atom stereocenters. The van der Waals surface area contributed by atoms with Gasteiger partial charge in [0.2, 0.25) is 0 Å². The summed E-state index contributed by atoms with van der Waals surface area (Å²) in [5.74, 6) is -1.26. The molecule has 0 radical (unpaired) electrons. The molecule has 0 aromatic rings. The van der Waals surface area contributed by atoms with Crippen molar-refractivity contribution in [1.82, 2.24) is 4.90 Å². The number of nitrogens with two attached hydrogens (primary N) is 1. The van der Waals surface area contributed by atoms with Crippen molar-refractivity contribution >= 4 is 17.7 Å². The van der Waals surface area contributed by atoms with Crippen LogP contribution in [0.2, 0.25) is 0 Å². The van der Waals surface area contributed by atoms with Crippen LogP contribution in [0.3, 0.4) is 0 Å². The molecule has 1 rings (SSSR count). The van der Waals surface area contributed by atoms with Crippen LogP contribution in [0.1, 0.15) is 6.92 Å². The lowest BCUT2D eigenvalue weighted by Crippen LogP contribution is -2.28. The maximum atomic E-state index is 10.6. The standard InChI is InChI=1S/C7H12N2O2S/c1-4(6(10)11)5-3-9(2)7(8)12-5/h3-4,7H,8H2,1-2H3,(H,10,11). The van der Waals surface area contributed by atoms with Crippen LogP contribution < -0.4 is 5.73 Å². The number of carboxylic acid groups (broad SMARTS) is 1. The Morgan fingerprint density at radius 1 is 1.92 bits per heavy atom. The topological polar surface area (TPSA) is 66.6 Å². The molecule has 1 aliphatic rings. The molecule has 0 spiro atoms. The third-order valence-electron chi connectivity index (χ3n) is 1.79. The van der Waals surface area contributed by atoms with Gasteiger partial charge in [0.15, 0.2) is 0 Å². The predicted molar refractivity (Wildman–Crippen MR) is 48.2 cm³/mol. The minimum Gasteiger partial charge on any atom is -0.481 e. The van der Waals surface area contributed by atoms with Gasteiger partial charge in [0, 0.05) is 18.2 Å². The number of carbonyl (C=O) groups is 1. The summed E-state index contributed by atoms with van der Waals surface area (Å²) < 4.78 is 0. The van der Waals surface area contributed by atoms with E-state index in [4.69, 9.17) is 10.8 Å². The summed E-state index contributed by atoms with van der Waals surface area (Å²) in [5, 5.41) is 8.70. The van der Waals surface area contributed by atoms with Crippen molar-refractivity contribution in [3.8, 4) is 0 Å². The Balaban J connectivity index is 2.67. The highest BCUT2D eigenvalue weighted by Crippen LogP contribution is 2.33. The van der Waals surface area contributed by atoms with Crippen LogP contribution in [-0.4, -0.2) is 28.5 Å². The molecule has 0 amide bonds. The Kier molecular flexibility index (Phi) is 2.64. The molecule has 3 N–H and O–H groups in total. The van der Waals surface area contributed by atoms with Gasteiger partial charge in [0.05, 0.1) is 5.92 Å². The highest BCUT2D eigenvalue weighted by Gasteiger charge is 2.26. The number of aliphatic carboxylic acids is 1. The molecule has 1 aliphatic heterocycles. The first-order valence-electron chi connectivity index (χ1n) is 3.61. The van der Waals surface area contributed by atoms with Crippen LogP contribution in [0.4, 0.5) is 0 Å². The van der Waals surface area contributed by atoms with Crippen LogP contribution in [0, 0.1) is 5.92 Å². The number of rotatable bonds is 2. The molecule has 0 aromatic carbocycles. The molecule has 2 atom stereocenters. The van der Waals surface area contributed by atoms with Gasteiger partial charge in [-0.3, -0.25) is 4.79 Å². The van der Waals surface area contributed by atoms with Gasteiger partial charge >= 0.3 is 5.97 Å². The van der Waals surface area contributed by atoms with Crippen molar-refractivity contribution in [2.45, 2.75) is 12.4 Å². The Morgan fingerprint density at radius 2 is 2.50 bits per heavy atom. The van der Waals surface area contributed by atoms with E-state index in [-0.39, 0.29) is 5.50 Å². The van der Waals surface area contributed by atoms with E-state index >= 15 is 0 Å². The van der Waals surface area contributed by atoms with Gasteiger partial charge in [-0.05, 0) is 6.92 Å². The molecular formula is C7H12N2O2S. The highest BCUT2D eigenvalue weighted by atomic mass is 32.2. The van der Waals surface area contributed by atoms with E-state index in [2.05, 4.69) is 0 Å². The molecule has 0 saturated heterocycles. The van der Waals surface area contributed by atoms with E-state index in [9.17, 15) is 4.79 Å². The smallest absolute Gasteiger partial charge is 0.311 e. The van der Waals surface area contributed by atoms with Crippen molar-refractivity contribution in [1.29, 1.82) is 0 Å². The number of hydrogen-bond acceptors (Lipinski definition) is 4. The van der Waals surface area contributed by atoms with Crippen molar-refractivity contribution in [3.63, 3.8) is 0 Å². The molecule has 4 nitrogen and oxygen atoms in total. The zero-order valence-electron chi connectivity index (χ0n) is 7.02. The molecule has 0 fully saturated rings. The summed E-state index contributed by atoms with van der Waals surface area (Å²) in [6, 6.07) is 0. The fourth-order valence-electron chi connectivity index (χ4n) is 0.863. The van der Waals surface area contributed by atoms with Crippen LogP contribution in [0.15, 0.2) is 11.1 Å². The summed E-state index contributed by atoms with van der Waals surface area (Å²) in [6.07, 6.45) is 1.79. The average Bonchev–Trinajstić information content (AvgIpc) is 2.30. The first-order chi connectivity index (χ1) is 5.52. The third kappa shape index (κ3) is 1.73. The van der Waals surface area contributed by atoms with Crippen molar-refractivity contribution < 1.29 is 9.90 Å². The summed E-state index contributed by atoms with van der Waals surface area (Å²) in [5.41, 5.74) is 5.51. The molecule has 0 bridgehead atoms. The Bertz CT molecular complexity index is 229. The van der Waals surface area contributed by atoms with Gasteiger partial charge in [0.1, 0.15) is 5.50 Å². The number of hydrogen-bond donors (Lipinski definition) is 2. The second-order valence-electron chi connectivity index (χ2n) is 2.77. The Labute approximate surface area is 75.4 Å². The highest BCUT2D eigenvalue weighted by molar-refractivity contribution is 8.03. The SMILES string of the molecule is CC(C(=O)O)C1=CN(C)C(N)S1. The molecule has 12 heavy (non-hydrogen) atoms. The fourth-order valence-corrected chi connectivity index (χ4v) is 1.90. The molecule has 0 aromatic heterocycles. The maximum absolute atomic E-state index is 10.6. The quantitative estimate of drug-likeness (QED) is 0.659. The normalized spacial score (nSPS) is 25.4. The van der Waals surface area contributed by atoms with Crippen LogP contribution in [-0.2, 0) is 4.79 Å². The summed E-state index contributed by atoms with van der Waals surface area (Å²) in [4.78, 5) is 13.2. The predicted octanol–water partition coefficient (Wildman–Crippen LogP) is 0.469. The fraction of sp³-hybridized carbons (Fsp3) is 0.571. The first kappa shape index (κ1) is 9.41. The lowest BCUT2D eigenvalue weighted by atomic mass is 10.2. The van der Waals surface area contributed by atoms with Crippen molar-refractivity contribution in [2.75, 3.05) is 7.05 Å². The van der Waals surface area contributed by atoms with E-state index in [0.717, 1.165) is 4.91 Å². The Morgan fingerprint density at radius 3 is 2.83 bits per heavy atom. The zero-order chi connectivity index (χ0) is 9.30. The average molecular weight is 188 g/mol. The van der Waals surface area contributed by atoms with Crippen molar-refractivity contribution in [2.24, 2.45) is 11.7 Å². The second kappa shape index (κ2) is 3.37. The van der Waals surface area contributed by atoms with Crippen LogP contribution in [0.25, 0.3) is 0 Å². The van der Waals surface area contributed by atoms with Crippen LogP contribution >= 0.6 is 11.8 Å². The molecule has 1 heterocycles. The minimum absolute atomic E-state index is 0.137. The number of nitrogens with zero attached hydrogens (tertiary/aromatic N) is 1. The molecule has 0 saturated carbocycles. The van der Waals surface area contributed by atoms with Crippen molar-refractivity contribution in [3.05, 3.63) is 11.1 Å². The van der Waals surface area contributed by atoms with E-state index in [0.29, 0.717) is 0 Å². The van der Waals surface area contributed by atoms with Gasteiger partial charge in [-0.25, -0.2) is 0 Å². The maximum Gasteiger partial charge on any atom is 0.311 e. The number of thioether (sulfide) groups is 1. The van der Waals surface area contributed by atoms with E-state index in [1.54, 1.807) is 18.0 Å². The van der Waals surface area contributed by atoms with Gasteiger partial charge in [-0.1, -0.05) is 11.8 Å². The molecule has 68 valence electrons. The summed E-state index contributed by atoms with van der Waals surface area (Å²) in [7, 11) is 1.83. The first-order valence-corrected chi connectivity index (χ1v) is 4.49. The van der Waals surface area contributed by atoms with E-state index in [1.807, 2.05) is 7.05 Å². The lowest BCUT2D eigenvalue weighted by molar-refractivity contribution is -0.139. The van der Waals surface area contributed by atoms with Gasteiger partial charge < -0.3 is 15.7 Å². The van der Waals surface area contributed by atoms with Crippen LogP contribution in [0.5, 0.6) is 0 Å². The summed E-state index contributed by atoms with van der Waals surface area (Å²) >= 11 is 1.39.